The number of rotatable bonds is 1. The second-order valence-corrected chi connectivity index (χ2v) is 7.41. The van der Waals surface area contributed by atoms with Gasteiger partial charge in [0.1, 0.15) is 8.56 Å². The second-order valence-electron chi connectivity index (χ2n) is 1.14. The van der Waals surface area contributed by atoms with E-state index in [1.807, 2.05) is 0 Å². The predicted octanol–water partition coefficient (Wildman–Crippen LogP) is -1.60. The molecule has 3 heteroatoms. The lowest BCUT2D eigenvalue weighted by atomic mass is 11.0. The number of hydrogen-bond acceptors (Lipinski definition) is 1. The standard InChI is InChI=1S/C2H9OSi2/c1-2-5(3)4/h3,5H,1-2H2,4H3. The van der Waals surface area contributed by atoms with Crippen LogP contribution in [0.1, 0.15) is 0 Å². The Balaban J connectivity index is 2.54. The van der Waals surface area contributed by atoms with E-state index in [1.165, 1.54) is 0 Å². The predicted molar refractivity (Wildman–Crippen MR) is 29.5 cm³/mol. The van der Waals surface area contributed by atoms with Crippen molar-refractivity contribution in [3.8, 4) is 0 Å². The summed E-state index contributed by atoms with van der Waals surface area (Å²) in [5.74, 6) is 0. The van der Waals surface area contributed by atoms with Crippen LogP contribution in [0.25, 0.3) is 0 Å². The molecule has 0 saturated carbocycles. The molecular formula is C2H9OSi2. The average molecular weight is 105 g/mol. The summed E-state index contributed by atoms with van der Waals surface area (Å²) in [5.41, 5.74) is 0. The molecular weight excluding hydrogens is 96.2 g/mol. The summed E-state index contributed by atoms with van der Waals surface area (Å²) in [6.45, 7) is 3.53. The minimum atomic E-state index is -1.12. The molecule has 0 aliphatic rings. The Hall–Kier alpha value is 0.394. The van der Waals surface area contributed by atoms with Gasteiger partial charge >= 0.3 is 0 Å². The van der Waals surface area contributed by atoms with E-state index in [2.05, 4.69) is 6.92 Å². The molecule has 0 fully saturated rings. The molecule has 1 unspecified atom stereocenters. The topological polar surface area (TPSA) is 20.2 Å². The molecule has 0 aliphatic carbocycles. The van der Waals surface area contributed by atoms with E-state index >= 15 is 0 Å². The monoisotopic (exact) mass is 105 g/mol. The van der Waals surface area contributed by atoms with Gasteiger partial charge in [0.15, 0.2) is 0 Å². The van der Waals surface area contributed by atoms with E-state index in [1.54, 1.807) is 0 Å². The molecule has 0 bridgehead atoms. The molecule has 31 valence electrons. The fraction of sp³-hybridized carbons (Fsp3) is 0.500. The fourth-order valence-electron chi connectivity index (χ4n) is 0. The van der Waals surface area contributed by atoms with Gasteiger partial charge in [-0.25, -0.2) is 0 Å². The maximum absolute atomic E-state index is 8.50. The van der Waals surface area contributed by atoms with Gasteiger partial charge in [0.25, 0.3) is 0 Å². The molecule has 0 aliphatic heterocycles. The van der Waals surface area contributed by atoms with Gasteiger partial charge in [0, 0.05) is 9.76 Å². The fourth-order valence-corrected chi connectivity index (χ4v) is 0. The summed E-state index contributed by atoms with van der Waals surface area (Å²) in [6.07, 6.45) is 0. The molecule has 0 aromatic rings. The van der Waals surface area contributed by atoms with E-state index in [-0.39, 0.29) is 0 Å². The molecule has 1 radical (unpaired) electrons. The minimum absolute atomic E-state index is 0.812. The Kier molecular flexibility index (Phi) is 2.83. The first-order valence-corrected chi connectivity index (χ1v) is 7.70. The Bertz CT molecular complexity index is 21.6. The van der Waals surface area contributed by atoms with Gasteiger partial charge in [-0.15, -0.1) is 0 Å². The molecule has 1 nitrogen and oxygen atoms in total. The quantitative estimate of drug-likeness (QED) is 0.398. The van der Waals surface area contributed by atoms with Gasteiger partial charge in [-0.3, -0.25) is 0 Å². The molecule has 5 heavy (non-hydrogen) atoms. The van der Waals surface area contributed by atoms with Crippen LogP contribution < -0.4 is 0 Å². The highest BCUT2D eigenvalue weighted by Gasteiger charge is 1.86. The van der Waals surface area contributed by atoms with Crippen LogP contribution >= 0.6 is 0 Å². The van der Waals surface area contributed by atoms with Crippen LogP contribution in [0.15, 0.2) is 0 Å². The first kappa shape index (κ1) is 5.39. The summed E-state index contributed by atoms with van der Waals surface area (Å²) in [7, 11) is -0.120. The lowest BCUT2D eigenvalue weighted by molar-refractivity contribution is 0.596. The van der Waals surface area contributed by atoms with Crippen molar-refractivity contribution in [2.24, 2.45) is 0 Å². The third-order valence-electron chi connectivity index (χ3n) is 0.418. The van der Waals surface area contributed by atoms with E-state index in [0.29, 0.717) is 0 Å². The molecule has 1 atom stereocenters. The highest BCUT2D eigenvalue weighted by Crippen LogP contribution is 1.72. The Morgan fingerprint density at radius 1 is 2.00 bits per heavy atom. The molecule has 0 aromatic carbocycles. The van der Waals surface area contributed by atoms with Crippen molar-refractivity contribution < 1.29 is 4.80 Å². The van der Waals surface area contributed by atoms with Crippen LogP contribution in [-0.2, 0) is 0 Å². The van der Waals surface area contributed by atoms with Crippen LogP contribution in [0.5, 0.6) is 0 Å². The van der Waals surface area contributed by atoms with Gasteiger partial charge in [0.05, 0.1) is 0 Å². The molecule has 0 heterocycles. The maximum atomic E-state index is 8.50. The second kappa shape index (κ2) is 2.62. The summed E-state index contributed by atoms with van der Waals surface area (Å²) in [4.78, 5) is 8.50. The number of hydrogen-bond donors (Lipinski definition) is 1. The normalized spacial score (nSPS) is 15.6. The van der Waals surface area contributed by atoms with Crippen molar-refractivity contribution in [1.82, 2.24) is 0 Å². The molecule has 0 spiro atoms. The van der Waals surface area contributed by atoms with Crippen LogP contribution in [0.3, 0.4) is 0 Å². The van der Waals surface area contributed by atoms with Gasteiger partial charge in [-0.05, 0) is 6.04 Å². The van der Waals surface area contributed by atoms with Crippen molar-refractivity contribution in [1.29, 1.82) is 0 Å². The third-order valence-corrected chi connectivity index (χ3v) is 2.99. The third kappa shape index (κ3) is 4.39. The van der Waals surface area contributed by atoms with Crippen molar-refractivity contribution in [3.05, 3.63) is 6.92 Å². The lowest BCUT2D eigenvalue weighted by Crippen LogP contribution is -2.08. The summed E-state index contributed by atoms with van der Waals surface area (Å²) >= 11 is 0. The zero-order valence-electron chi connectivity index (χ0n) is 3.44. The van der Waals surface area contributed by atoms with Crippen LogP contribution in [-0.4, -0.2) is 23.1 Å². The Morgan fingerprint density at radius 3 is 2.20 bits per heavy atom. The molecule has 1 N–H and O–H groups in total. The zero-order valence-corrected chi connectivity index (χ0v) is 6.59. The minimum Gasteiger partial charge on any atom is -0.439 e. The molecule has 0 aromatic heterocycles. The highest BCUT2D eigenvalue weighted by atomic mass is 29.2. The largest absolute Gasteiger partial charge is 0.439 e. The van der Waals surface area contributed by atoms with Gasteiger partial charge in [-0.1, -0.05) is 6.92 Å². The molecule has 0 amide bonds. The maximum Gasteiger partial charge on any atom is 0.149 e. The van der Waals surface area contributed by atoms with Crippen molar-refractivity contribution >= 4 is 18.3 Å². The summed E-state index contributed by atoms with van der Waals surface area (Å²) < 4.78 is 0. The molecule has 0 rings (SSSR count). The smallest absolute Gasteiger partial charge is 0.149 e. The van der Waals surface area contributed by atoms with E-state index in [4.69, 9.17) is 4.80 Å². The highest BCUT2D eigenvalue weighted by molar-refractivity contribution is 6.98. The molecule has 0 saturated heterocycles. The Labute approximate surface area is 37.0 Å². The van der Waals surface area contributed by atoms with Gasteiger partial charge in [-0.2, -0.15) is 0 Å². The van der Waals surface area contributed by atoms with Crippen molar-refractivity contribution in [2.45, 2.75) is 6.04 Å². The SMILES string of the molecule is [CH2]C[SiH](O)[SiH3]. The first-order valence-electron chi connectivity index (χ1n) is 1.74. The van der Waals surface area contributed by atoms with E-state index in [9.17, 15) is 0 Å². The van der Waals surface area contributed by atoms with Crippen molar-refractivity contribution in [3.63, 3.8) is 0 Å². The average Bonchev–Trinajstić information content (AvgIpc) is 1.38. The van der Waals surface area contributed by atoms with Gasteiger partial charge in [0.2, 0.25) is 0 Å². The summed E-state index contributed by atoms with van der Waals surface area (Å²) in [5, 5.41) is 0. The Morgan fingerprint density at radius 2 is 2.20 bits per heavy atom. The van der Waals surface area contributed by atoms with E-state index in [0.717, 1.165) is 15.8 Å². The van der Waals surface area contributed by atoms with Crippen LogP contribution in [0.2, 0.25) is 6.04 Å². The van der Waals surface area contributed by atoms with Crippen LogP contribution in [0, 0.1) is 6.92 Å². The van der Waals surface area contributed by atoms with Crippen molar-refractivity contribution in [2.75, 3.05) is 0 Å². The van der Waals surface area contributed by atoms with E-state index < -0.39 is 8.56 Å². The van der Waals surface area contributed by atoms with Crippen LogP contribution in [0.4, 0.5) is 0 Å². The lowest BCUT2D eigenvalue weighted by Gasteiger charge is -1.86. The summed E-state index contributed by atoms with van der Waals surface area (Å²) in [6, 6.07) is 0.812. The zero-order chi connectivity index (χ0) is 4.28. The van der Waals surface area contributed by atoms with Gasteiger partial charge < -0.3 is 4.80 Å². The first-order chi connectivity index (χ1) is 2.27.